The molecule has 1 N–H and O–H groups in total. The first-order valence-corrected chi connectivity index (χ1v) is 10.3. The first kappa shape index (κ1) is 21.6. The van der Waals surface area contributed by atoms with Crippen LogP contribution in [0.4, 0.5) is 4.39 Å². The standard InChI is InChI=1S/C24H20ClFN2O4/c1-31-23-11-16(10-21(25)24(23)32-14-15-5-4-6-17(26)9-15)20(13-28(29)30)19-12-27-22-8-3-2-7-18(19)22/h2-12,20,27H,13-14H2,1H3/t20-/m1/s1. The molecule has 0 aliphatic heterocycles. The minimum atomic E-state index is -0.551. The van der Waals surface area contributed by atoms with Gasteiger partial charge in [-0.05, 0) is 47.0 Å². The Morgan fingerprint density at radius 2 is 1.97 bits per heavy atom. The molecule has 32 heavy (non-hydrogen) atoms. The van der Waals surface area contributed by atoms with E-state index in [1.54, 1.807) is 30.5 Å². The molecule has 6 nitrogen and oxygen atoms in total. The predicted molar refractivity (Wildman–Crippen MR) is 121 cm³/mol. The number of rotatable bonds is 8. The summed E-state index contributed by atoms with van der Waals surface area (Å²) in [5.74, 6) is -0.274. The summed E-state index contributed by atoms with van der Waals surface area (Å²) in [6, 6.07) is 17.0. The second-order valence-electron chi connectivity index (χ2n) is 7.31. The van der Waals surface area contributed by atoms with Crippen molar-refractivity contribution in [2.45, 2.75) is 12.5 Å². The number of hydrogen-bond donors (Lipinski definition) is 1. The number of methoxy groups -OCH3 is 1. The Bertz CT molecular complexity index is 1270. The minimum absolute atomic E-state index is 0.0912. The summed E-state index contributed by atoms with van der Waals surface area (Å²) in [5, 5.41) is 12.6. The highest BCUT2D eigenvalue weighted by atomic mass is 35.5. The maximum atomic E-state index is 13.4. The summed E-state index contributed by atoms with van der Waals surface area (Å²) in [6.45, 7) is -0.223. The minimum Gasteiger partial charge on any atom is -0.493 e. The van der Waals surface area contributed by atoms with Crippen molar-refractivity contribution >= 4 is 22.5 Å². The Kier molecular flexibility index (Phi) is 6.28. The number of ether oxygens (including phenoxy) is 2. The molecule has 1 heterocycles. The summed E-state index contributed by atoms with van der Waals surface area (Å²) in [4.78, 5) is 14.3. The number of hydrogen-bond acceptors (Lipinski definition) is 4. The van der Waals surface area contributed by atoms with Crippen molar-refractivity contribution in [3.63, 3.8) is 0 Å². The van der Waals surface area contributed by atoms with Crippen molar-refractivity contribution in [1.82, 2.24) is 4.98 Å². The molecule has 0 saturated carbocycles. The average Bonchev–Trinajstić information content (AvgIpc) is 3.20. The lowest BCUT2D eigenvalue weighted by molar-refractivity contribution is -0.481. The van der Waals surface area contributed by atoms with E-state index in [9.17, 15) is 14.5 Å². The van der Waals surface area contributed by atoms with Crippen molar-refractivity contribution in [2.24, 2.45) is 0 Å². The monoisotopic (exact) mass is 454 g/mol. The van der Waals surface area contributed by atoms with E-state index in [1.165, 1.54) is 19.2 Å². The number of nitrogens with zero attached hydrogens (tertiary/aromatic N) is 1. The van der Waals surface area contributed by atoms with Gasteiger partial charge in [-0.3, -0.25) is 10.1 Å². The highest BCUT2D eigenvalue weighted by Gasteiger charge is 2.26. The number of aromatic amines is 1. The molecule has 0 saturated heterocycles. The van der Waals surface area contributed by atoms with Crippen LogP contribution in [0.15, 0.2) is 66.9 Å². The van der Waals surface area contributed by atoms with Crippen LogP contribution in [0.5, 0.6) is 11.5 Å². The van der Waals surface area contributed by atoms with Crippen molar-refractivity contribution in [1.29, 1.82) is 0 Å². The predicted octanol–water partition coefficient (Wildman–Crippen LogP) is 5.96. The second kappa shape index (κ2) is 9.28. The third-order valence-electron chi connectivity index (χ3n) is 5.25. The Balaban J connectivity index is 1.71. The number of para-hydroxylation sites is 1. The van der Waals surface area contributed by atoms with Gasteiger partial charge in [0.05, 0.1) is 18.1 Å². The number of fused-ring (bicyclic) bond motifs is 1. The molecule has 0 unspecified atom stereocenters. The van der Waals surface area contributed by atoms with Crippen LogP contribution in [0.1, 0.15) is 22.6 Å². The van der Waals surface area contributed by atoms with Crippen LogP contribution in [-0.4, -0.2) is 23.6 Å². The number of benzene rings is 3. The van der Waals surface area contributed by atoms with Gasteiger partial charge < -0.3 is 14.5 Å². The summed E-state index contributed by atoms with van der Waals surface area (Å²) < 4.78 is 24.7. The average molecular weight is 455 g/mol. The fourth-order valence-electron chi connectivity index (χ4n) is 3.78. The van der Waals surface area contributed by atoms with Gasteiger partial charge in [-0.25, -0.2) is 4.39 Å². The summed E-state index contributed by atoms with van der Waals surface area (Å²) in [6.07, 6.45) is 1.79. The number of H-pyrrole nitrogens is 1. The zero-order valence-electron chi connectivity index (χ0n) is 17.2. The van der Waals surface area contributed by atoms with Crippen molar-refractivity contribution in [3.05, 3.63) is 105 Å². The van der Waals surface area contributed by atoms with Crippen LogP contribution in [0.2, 0.25) is 5.02 Å². The van der Waals surface area contributed by atoms with Gasteiger partial charge in [-0.2, -0.15) is 0 Å². The van der Waals surface area contributed by atoms with Crippen molar-refractivity contribution in [2.75, 3.05) is 13.7 Å². The Hall–Kier alpha value is -3.58. The van der Waals surface area contributed by atoms with Crippen LogP contribution in [-0.2, 0) is 6.61 Å². The molecule has 1 aromatic heterocycles. The molecule has 3 aromatic carbocycles. The number of halogens is 2. The highest BCUT2D eigenvalue weighted by molar-refractivity contribution is 6.32. The normalized spacial score (nSPS) is 12.0. The van der Waals surface area contributed by atoms with Crippen LogP contribution in [0.25, 0.3) is 10.9 Å². The van der Waals surface area contributed by atoms with E-state index in [-0.39, 0.29) is 28.9 Å². The van der Waals surface area contributed by atoms with Gasteiger partial charge in [-0.15, -0.1) is 0 Å². The van der Waals surface area contributed by atoms with Crippen LogP contribution in [0, 0.1) is 15.9 Å². The van der Waals surface area contributed by atoms with Crippen LogP contribution >= 0.6 is 11.6 Å². The summed E-state index contributed by atoms with van der Waals surface area (Å²) in [7, 11) is 1.47. The molecule has 0 bridgehead atoms. The number of nitrogens with one attached hydrogen (secondary N) is 1. The zero-order valence-corrected chi connectivity index (χ0v) is 17.9. The van der Waals surface area contributed by atoms with Gasteiger partial charge >= 0.3 is 0 Å². The van der Waals surface area contributed by atoms with Gasteiger partial charge in [-0.1, -0.05) is 41.9 Å². The lowest BCUT2D eigenvalue weighted by Crippen LogP contribution is -2.14. The van der Waals surface area contributed by atoms with Gasteiger partial charge in [0.2, 0.25) is 6.54 Å². The number of nitro groups is 1. The molecular weight excluding hydrogens is 435 g/mol. The first-order chi connectivity index (χ1) is 15.5. The van der Waals surface area contributed by atoms with E-state index in [0.717, 1.165) is 16.5 Å². The van der Waals surface area contributed by atoms with E-state index in [4.69, 9.17) is 21.1 Å². The van der Waals surface area contributed by atoms with E-state index in [2.05, 4.69) is 4.98 Å². The lowest BCUT2D eigenvalue weighted by Gasteiger charge is -2.18. The van der Waals surface area contributed by atoms with E-state index in [1.807, 2.05) is 24.3 Å². The molecule has 0 radical (unpaired) electrons. The second-order valence-corrected chi connectivity index (χ2v) is 7.72. The lowest BCUT2D eigenvalue weighted by atomic mass is 9.90. The molecule has 1 atom stereocenters. The van der Waals surface area contributed by atoms with Crippen LogP contribution in [0.3, 0.4) is 0 Å². The first-order valence-electron chi connectivity index (χ1n) is 9.88. The fraction of sp³-hybridized carbons (Fsp3) is 0.167. The fourth-order valence-corrected chi connectivity index (χ4v) is 4.05. The van der Waals surface area contributed by atoms with E-state index in [0.29, 0.717) is 22.6 Å². The van der Waals surface area contributed by atoms with Gasteiger partial charge in [0.1, 0.15) is 12.4 Å². The molecule has 0 amide bonds. The molecule has 4 aromatic rings. The third kappa shape index (κ3) is 4.53. The molecule has 164 valence electrons. The molecule has 0 spiro atoms. The van der Waals surface area contributed by atoms with E-state index >= 15 is 0 Å². The SMILES string of the molecule is COc1cc([C@@H](C[N+](=O)[O-])c2c[nH]c3ccccc23)cc(Cl)c1OCc1cccc(F)c1. The van der Waals surface area contributed by atoms with Crippen LogP contribution < -0.4 is 9.47 Å². The Morgan fingerprint density at radius 3 is 2.72 bits per heavy atom. The molecular formula is C24H20ClFN2O4. The maximum absolute atomic E-state index is 13.4. The third-order valence-corrected chi connectivity index (χ3v) is 5.54. The smallest absolute Gasteiger partial charge is 0.214 e. The molecule has 0 aliphatic rings. The largest absolute Gasteiger partial charge is 0.493 e. The highest BCUT2D eigenvalue weighted by Crippen LogP contribution is 2.41. The zero-order chi connectivity index (χ0) is 22.7. The van der Waals surface area contributed by atoms with Crippen molar-refractivity contribution < 1.29 is 18.8 Å². The molecule has 0 aliphatic carbocycles. The quantitative estimate of drug-likeness (QED) is 0.263. The summed E-state index contributed by atoms with van der Waals surface area (Å²) >= 11 is 6.51. The van der Waals surface area contributed by atoms with Crippen molar-refractivity contribution in [3.8, 4) is 11.5 Å². The molecule has 0 fully saturated rings. The van der Waals surface area contributed by atoms with Gasteiger partial charge in [0, 0.05) is 22.0 Å². The Labute approximate surface area is 188 Å². The van der Waals surface area contributed by atoms with Gasteiger partial charge in [0.15, 0.2) is 11.5 Å². The van der Waals surface area contributed by atoms with E-state index < -0.39 is 5.92 Å². The Morgan fingerprint density at radius 1 is 1.16 bits per heavy atom. The molecule has 4 rings (SSSR count). The topological polar surface area (TPSA) is 77.4 Å². The summed E-state index contributed by atoms with van der Waals surface area (Å²) in [5.41, 5.74) is 2.96. The van der Waals surface area contributed by atoms with Gasteiger partial charge in [0.25, 0.3) is 0 Å². The maximum Gasteiger partial charge on any atom is 0.214 e. The molecule has 8 heteroatoms. The number of aromatic nitrogens is 1.